The highest BCUT2D eigenvalue weighted by Crippen LogP contribution is 2.40. The first-order valence-corrected chi connectivity index (χ1v) is 13.1. The molecule has 0 saturated heterocycles. The second-order valence-corrected chi connectivity index (χ2v) is 11.4. The molecule has 0 bridgehead atoms. The monoisotopic (exact) mass is 489 g/mol. The zero-order valence-electron chi connectivity index (χ0n) is 21.6. The molecule has 1 unspecified atom stereocenters. The number of carbonyl (C=O) groups is 2. The van der Waals surface area contributed by atoms with Crippen molar-refractivity contribution in [2.45, 2.75) is 46.5 Å². The second kappa shape index (κ2) is 8.95. The Morgan fingerprint density at radius 1 is 0.946 bits per heavy atom. The van der Waals surface area contributed by atoms with Crippen LogP contribution >= 0.6 is 0 Å². The lowest BCUT2D eigenvalue weighted by molar-refractivity contribution is 0.0474. The first kappa shape index (κ1) is 23.6. The van der Waals surface area contributed by atoms with Crippen LogP contribution in [0.1, 0.15) is 70.3 Å². The van der Waals surface area contributed by atoms with Crippen LogP contribution in [0.4, 0.5) is 0 Å². The lowest BCUT2D eigenvalue weighted by Gasteiger charge is -2.35. The van der Waals surface area contributed by atoms with Crippen LogP contribution in [0.5, 0.6) is 0 Å². The molecule has 186 valence electrons. The minimum absolute atomic E-state index is 0.133. The standard InChI is InChI=1S/C33H31NO3/c1-33(2,3)23-13-15-29-27(18-23)31(26-10-6-7-11-28(26)34-29)32(36)37-19-30(35)21-12-14-25-22(17-21)16-20-8-4-5-9-24(20)25/h4-12,14,17,23H,13,15-16,18-19H2,1-3H3. The molecule has 1 atom stereocenters. The van der Waals surface area contributed by atoms with E-state index in [9.17, 15) is 9.59 Å². The quantitative estimate of drug-likeness (QED) is 0.202. The summed E-state index contributed by atoms with van der Waals surface area (Å²) in [6.45, 7) is 6.48. The SMILES string of the molecule is CC(C)(C)C1CCc2nc3ccccc3c(C(=O)OCC(=O)c3ccc4c(c3)Cc3ccccc3-4)c2C1. The van der Waals surface area contributed by atoms with E-state index < -0.39 is 5.97 Å². The smallest absolute Gasteiger partial charge is 0.339 e. The molecule has 0 amide bonds. The molecule has 2 aliphatic rings. The molecule has 0 spiro atoms. The second-order valence-electron chi connectivity index (χ2n) is 11.4. The third-order valence-corrected chi connectivity index (χ3v) is 8.14. The van der Waals surface area contributed by atoms with E-state index in [4.69, 9.17) is 9.72 Å². The van der Waals surface area contributed by atoms with Gasteiger partial charge in [-0.25, -0.2) is 4.79 Å². The van der Waals surface area contributed by atoms with Crippen LogP contribution in [0.2, 0.25) is 0 Å². The molecule has 0 aliphatic heterocycles. The molecule has 0 saturated carbocycles. The van der Waals surface area contributed by atoms with Gasteiger partial charge in [0.2, 0.25) is 0 Å². The normalized spacial score (nSPS) is 16.1. The number of fused-ring (bicyclic) bond motifs is 5. The third kappa shape index (κ3) is 4.25. The first-order chi connectivity index (χ1) is 17.8. The highest BCUT2D eigenvalue weighted by atomic mass is 16.5. The van der Waals surface area contributed by atoms with Crippen molar-refractivity contribution < 1.29 is 14.3 Å². The van der Waals surface area contributed by atoms with Gasteiger partial charge in [-0.2, -0.15) is 0 Å². The molecule has 37 heavy (non-hydrogen) atoms. The number of hydrogen-bond acceptors (Lipinski definition) is 4. The number of aryl methyl sites for hydroxylation is 1. The van der Waals surface area contributed by atoms with E-state index in [1.807, 2.05) is 54.6 Å². The summed E-state index contributed by atoms with van der Waals surface area (Å²) in [5, 5.41) is 0.795. The highest BCUT2D eigenvalue weighted by Gasteiger charge is 2.33. The molecule has 4 aromatic rings. The minimum atomic E-state index is -0.439. The molecular weight excluding hydrogens is 458 g/mol. The van der Waals surface area contributed by atoms with Gasteiger partial charge in [-0.1, -0.05) is 75.4 Å². The summed E-state index contributed by atoms with van der Waals surface area (Å²) < 4.78 is 5.70. The van der Waals surface area contributed by atoms with Gasteiger partial charge in [0.25, 0.3) is 0 Å². The fourth-order valence-corrected chi connectivity index (χ4v) is 5.97. The van der Waals surface area contributed by atoms with E-state index in [1.165, 1.54) is 16.7 Å². The van der Waals surface area contributed by atoms with Gasteiger partial charge in [0.1, 0.15) is 0 Å². The molecule has 2 aliphatic carbocycles. The van der Waals surface area contributed by atoms with E-state index in [1.54, 1.807) is 0 Å². The van der Waals surface area contributed by atoms with Crippen molar-refractivity contribution in [3.63, 3.8) is 0 Å². The zero-order valence-corrected chi connectivity index (χ0v) is 21.6. The summed E-state index contributed by atoms with van der Waals surface area (Å²) in [6.07, 6.45) is 3.51. The topological polar surface area (TPSA) is 56.3 Å². The molecule has 3 aromatic carbocycles. The lowest BCUT2D eigenvalue weighted by atomic mass is 9.70. The number of aromatic nitrogens is 1. The molecular formula is C33H31NO3. The zero-order chi connectivity index (χ0) is 25.7. The number of Topliss-reactive ketones (excluding diaryl/α,β-unsaturated/α-hetero) is 1. The highest BCUT2D eigenvalue weighted by molar-refractivity contribution is 6.06. The van der Waals surface area contributed by atoms with Gasteiger partial charge in [0, 0.05) is 16.6 Å². The van der Waals surface area contributed by atoms with Crippen LogP contribution in [-0.4, -0.2) is 23.3 Å². The Labute approximate surface area is 217 Å². The van der Waals surface area contributed by atoms with E-state index in [2.05, 4.69) is 32.9 Å². The van der Waals surface area contributed by atoms with Crippen molar-refractivity contribution in [3.05, 3.63) is 100 Å². The predicted molar refractivity (Wildman–Crippen MR) is 146 cm³/mol. The number of benzene rings is 3. The van der Waals surface area contributed by atoms with Crippen LogP contribution < -0.4 is 0 Å². The number of hydrogen-bond donors (Lipinski definition) is 0. The van der Waals surface area contributed by atoms with Gasteiger partial charge in [0.15, 0.2) is 12.4 Å². The van der Waals surface area contributed by atoms with Gasteiger partial charge in [0.05, 0.1) is 11.1 Å². The average molecular weight is 490 g/mol. The van der Waals surface area contributed by atoms with Crippen molar-refractivity contribution in [1.82, 2.24) is 4.98 Å². The third-order valence-electron chi connectivity index (χ3n) is 8.14. The molecule has 0 N–H and O–H groups in total. The van der Waals surface area contributed by atoms with Gasteiger partial charge < -0.3 is 4.74 Å². The van der Waals surface area contributed by atoms with Gasteiger partial charge in [-0.05, 0) is 77.0 Å². The Morgan fingerprint density at radius 2 is 1.70 bits per heavy atom. The number of ether oxygens (including phenoxy) is 1. The van der Waals surface area contributed by atoms with Crippen LogP contribution in [0, 0.1) is 11.3 Å². The van der Waals surface area contributed by atoms with Crippen LogP contribution in [0.3, 0.4) is 0 Å². The largest absolute Gasteiger partial charge is 0.454 e. The Morgan fingerprint density at radius 3 is 2.54 bits per heavy atom. The van der Waals surface area contributed by atoms with Crippen LogP contribution in [-0.2, 0) is 24.0 Å². The summed E-state index contributed by atoms with van der Waals surface area (Å²) >= 11 is 0. The maximum absolute atomic E-state index is 13.6. The van der Waals surface area contributed by atoms with E-state index in [0.717, 1.165) is 53.4 Å². The summed E-state index contributed by atoms with van der Waals surface area (Å²) in [4.78, 5) is 31.5. The maximum Gasteiger partial charge on any atom is 0.339 e. The number of pyridine rings is 1. The molecule has 4 nitrogen and oxygen atoms in total. The fraction of sp³-hybridized carbons (Fsp3) is 0.303. The summed E-state index contributed by atoms with van der Waals surface area (Å²) in [7, 11) is 0. The summed E-state index contributed by atoms with van der Waals surface area (Å²) in [5.41, 5.74) is 8.87. The Hall–Kier alpha value is -3.79. The van der Waals surface area contributed by atoms with Crippen LogP contribution in [0.15, 0.2) is 66.7 Å². The van der Waals surface area contributed by atoms with E-state index in [-0.39, 0.29) is 17.8 Å². The Kier molecular flexibility index (Phi) is 5.71. The van der Waals surface area contributed by atoms with Gasteiger partial charge >= 0.3 is 5.97 Å². The number of para-hydroxylation sites is 1. The van der Waals surface area contributed by atoms with Crippen molar-refractivity contribution in [2.75, 3.05) is 6.61 Å². The summed E-state index contributed by atoms with van der Waals surface area (Å²) in [5.74, 6) is -0.176. The van der Waals surface area contributed by atoms with Crippen molar-refractivity contribution in [3.8, 4) is 11.1 Å². The Balaban J connectivity index is 1.26. The Bertz CT molecular complexity index is 1560. The van der Waals surface area contributed by atoms with Crippen molar-refractivity contribution in [2.24, 2.45) is 11.3 Å². The average Bonchev–Trinajstić information content (AvgIpc) is 3.27. The molecule has 0 fully saturated rings. The van der Waals surface area contributed by atoms with E-state index in [0.29, 0.717) is 17.0 Å². The van der Waals surface area contributed by atoms with Crippen LogP contribution in [0.25, 0.3) is 22.0 Å². The van der Waals surface area contributed by atoms with Gasteiger partial charge in [-0.3, -0.25) is 9.78 Å². The maximum atomic E-state index is 13.6. The summed E-state index contributed by atoms with van der Waals surface area (Å²) in [6, 6.07) is 21.9. The predicted octanol–water partition coefficient (Wildman–Crippen LogP) is 7.00. The molecule has 1 aromatic heterocycles. The number of carbonyl (C=O) groups excluding carboxylic acids is 2. The van der Waals surface area contributed by atoms with Crippen molar-refractivity contribution in [1.29, 1.82) is 0 Å². The lowest BCUT2D eigenvalue weighted by Crippen LogP contribution is -2.29. The van der Waals surface area contributed by atoms with E-state index >= 15 is 0 Å². The number of ketones is 1. The minimum Gasteiger partial charge on any atom is -0.454 e. The molecule has 6 rings (SSSR count). The number of rotatable bonds is 4. The molecule has 1 heterocycles. The van der Waals surface area contributed by atoms with Crippen molar-refractivity contribution >= 4 is 22.7 Å². The van der Waals surface area contributed by atoms with Gasteiger partial charge in [-0.15, -0.1) is 0 Å². The first-order valence-electron chi connectivity index (χ1n) is 13.1. The number of esters is 1. The number of nitrogens with zero attached hydrogens (tertiary/aromatic N) is 1. The molecule has 0 radical (unpaired) electrons. The molecule has 4 heteroatoms. The fourth-order valence-electron chi connectivity index (χ4n) is 5.97.